The topological polar surface area (TPSA) is 49.4 Å². The van der Waals surface area contributed by atoms with Crippen molar-refractivity contribution in [3.8, 4) is 0 Å². The third-order valence-corrected chi connectivity index (χ3v) is 5.72. The van der Waals surface area contributed by atoms with Crippen molar-refractivity contribution in [1.82, 2.24) is 4.90 Å². The third kappa shape index (κ3) is 4.23. The SMILES string of the molecule is O=C1CCc2cc(C(=O)C3CN(CCCc4ccc(Cl)cc4)C3)ccc2N1. The molecule has 2 aliphatic rings. The van der Waals surface area contributed by atoms with Crippen LogP contribution < -0.4 is 5.32 Å². The number of hydrogen-bond donors (Lipinski definition) is 1. The molecule has 0 atom stereocenters. The number of nitrogens with zero attached hydrogens (tertiary/aromatic N) is 1. The summed E-state index contributed by atoms with van der Waals surface area (Å²) in [6, 6.07) is 13.7. The molecule has 140 valence electrons. The molecule has 4 rings (SSSR count). The van der Waals surface area contributed by atoms with Crippen molar-refractivity contribution in [2.24, 2.45) is 5.92 Å². The number of amides is 1. The van der Waals surface area contributed by atoms with Gasteiger partial charge in [0.25, 0.3) is 0 Å². The highest BCUT2D eigenvalue weighted by Crippen LogP contribution is 2.27. The van der Waals surface area contributed by atoms with Gasteiger partial charge in [-0.3, -0.25) is 9.59 Å². The first kappa shape index (κ1) is 18.2. The van der Waals surface area contributed by atoms with Crippen LogP contribution in [-0.4, -0.2) is 36.2 Å². The Morgan fingerprint density at radius 1 is 1.11 bits per heavy atom. The zero-order chi connectivity index (χ0) is 18.8. The van der Waals surface area contributed by atoms with Crippen molar-refractivity contribution in [3.05, 3.63) is 64.2 Å². The van der Waals surface area contributed by atoms with Gasteiger partial charge in [0.2, 0.25) is 5.91 Å². The number of ketones is 1. The molecule has 0 radical (unpaired) electrons. The highest BCUT2D eigenvalue weighted by molar-refractivity contribution is 6.30. The summed E-state index contributed by atoms with van der Waals surface area (Å²) in [4.78, 5) is 26.5. The number of fused-ring (bicyclic) bond motifs is 1. The molecule has 27 heavy (non-hydrogen) atoms. The monoisotopic (exact) mass is 382 g/mol. The van der Waals surface area contributed by atoms with E-state index < -0.39 is 0 Å². The lowest BCUT2D eigenvalue weighted by atomic mass is 9.88. The van der Waals surface area contributed by atoms with Crippen LogP contribution in [0.25, 0.3) is 0 Å². The molecular weight excluding hydrogens is 360 g/mol. The normalized spacial score (nSPS) is 17.1. The van der Waals surface area contributed by atoms with Crippen LogP contribution in [0.1, 0.15) is 34.3 Å². The van der Waals surface area contributed by atoms with E-state index in [2.05, 4.69) is 22.3 Å². The van der Waals surface area contributed by atoms with E-state index in [1.54, 1.807) is 0 Å². The Morgan fingerprint density at radius 3 is 2.67 bits per heavy atom. The van der Waals surface area contributed by atoms with Gasteiger partial charge in [-0.2, -0.15) is 0 Å². The summed E-state index contributed by atoms with van der Waals surface area (Å²) in [5.41, 5.74) is 3.99. The Kier molecular flexibility index (Phi) is 5.28. The Hall–Kier alpha value is -2.17. The molecule has 2 aliphatic heterocycles. The number of carbonyl (C=O) groups excluding carboxylic acids is 2. The number of carbonyl (C=O) groups is 2. The second kappa shape index (κ2) is 7.83. The number of Topliss-reactive ketones (excluding diaryl/α,β-unsaturated/α-hetero) is 1. The second-order valence-corrected chi connectivity index (χ2v) is 7.91. The highest BCUT2D eigenvalue weighted by Gasteiger charge is 2.33. The molecule has 2 aromatic rings. The maximum atomic E-state index is 12.7. The summed E-state index contributed by atoms with van der Waals surface area (Å²) in [6.07, 6.45) is 3.32. The highest BCUT2D eigenvalue weighted by atomic mass is 35.5. The average Bonchev–Trinajstić information content (AvgIpc) is 2.64. The molecule has 1 fully saturated rings. The van der Waals surface area contributed by atoms with Gasteiger partial charge in [-0.1, -0.05) is 23.7 Å². The molecule has 0 aliphatic carbocycles. The number of benzene rings is 2. The number of rotatable bonds is 6. The van der Waals surface area contributed by atoms with Crippen LogP contribution in [0.4, 0.5) is 5.69 Å². The van der Waals surface area contributed by atoms with E-state index in [4.69, 9.17) is 11.6 Å². The van der Waals surface area contributed by atoms with Crippen LogP contribution in [0.15, 0.2) is 42.5 Å². The first-order chi connectivity index (χ1) is 13.1. The minimum absolute atomic E-state index is 0.0508. The van der Waals surface area contributed by atoms with Crippen molar-refractivity contribution < 1.29 is 9.59 Å². The summed E-state index contributed by atoms with van der Waals surface area (Å²) >= 11 is 5.91. The van der Waals surface area contributed by atoms with Gasteiger partial charge in [0, 0.05) is 41.7 Å². The van der Waals surface area contributed by atoms with Crippen LogP contribution in [0.3, 0.4) is 0 Å². The lowest BCUT2D eigenvalue weighted by Gasteiger charge is -2.38. The van der Waals surface area contributed by atoms with Gasteiger partial charge in [-0.25, -0.2) is 0 Å². The van der Waals surface area contributed by atoms with E-state index in [1.165, 1.54) is 5.56 Å². The fraction of sp³-hybridized carbons (Fsp3) is 0.364. The van der Waals surface area contributed by atoms with Crippen LogP contribution in [-0.2, 0) is 17.6 Å². The van der Waals surface area contributed by atoms with Gasteiger partial charge in [-0.05, 0) is 67.3 Å². The first-order valence-electron chi connectivity index (χ1n) is 9.52. The lowest BCUT2D eigenvalue weighted by molar-refractivity contribution is -0.116. The summed E-state index contributed by atoms with van der Waals surface area (Å²) in [5, 5.41) is 3.63. The largest absolute Gasteiger partial charge is 0.326 e. The van der Waals surface area contributed by atoms with E-state index in [0.717, 1.165) is 54.3 Å². The number of nitrogens with one attached hydrogen (secondary N) is 1. The smallest absolute Gasteiger partial charge is 0.224 e. The van der Waals surface area contributed by atoms with E-state index in [-0.39, 0.29) is 17.6 Å². The molecule has 1 N–H and O–H groups in total. The molecule has 0 unspecified atom stereocenters. The predicted octanol–water partition coefficient (Wildman–Crippen LogP) is 3.97. The zero-order valence-corrected chi connectivity index (χ0v) is 16.0. The molecule has 0 aromatic heterocycles. The van der Waals surface area contributed by atoms with Crippen LogP contribution in [0.5, 0.6) is 0 Å². The van der Waals surface area contributed by atoms with E-state index >= 15 is 0 Å². The molecule has 0 spiro atoms. The Morgan fingerprint density at radius 2 is 1.89 bits per heavy atom. The number of likely N-dealkylation sites (tertiary alicyclic amines) is 1. The number of anilines is 1. The van der Waals surface area contributed by atoms with Crippen molar-refractivity contribution in [2.45, 2.75) is 25.7 Å². The molecule has 1 saturated heterocycles. The average molecular weight is 383 g/mol. The fourth-order valence-corrected chi connectivity index (χ4v) is 3.97. The Bertz CT molecular complexity index is 857. The third-order valence-electron chi connectivity index (χ3n) is 5.47. The van der Waals surface area contributed by atoms with Crippen LogP contribution in [0, 0.1) is 5.92 Å². The van der Waals surface area contributed by atoms with E-state index in [1.807, 2.05) is 30.3 Å². The van der Waals surface area contributed by atoms with Crippen molar-refractivity contribution in [3.63, 3.8) is 0 Å². The molecular formula is C22H23ClN2O2. The molecule has 2 aromatic carbocycles. The van der Waals surface area contributed by atoms with Crippen LogP contribution >= 0.6 is 11.6 Å². The maximum absolute atomic E-state index is 12.7. The number of halogens is 1. The van der Waals surface area contributed by atoms with E-state index in [0.29, 0.717) is 12.8 Å². The molecule has 0 bridgehead atoms. The zero-order valence-electron chi connectivity index (χ0n) is 15.2. The first-order valence-corrected chi connectivity index (χ1v) is 9.90. The molecule has 2 heterocycles. The fourth-order valence-electron chi connectivity index (χ4n) is 3.85. The quantitative estimate of drug-likeness (QED) is 0.769. The molecule has 0 saturated carbocycles. The second-order valence-electron chi connectivity index (χ2n) is 7.47. The minimum Gasteiger partial charge on any atom is -0.326 e. The molecule has 5 heteroatoms. The summed E-state index contributed by atoms with van der Waals surface area (Å²) < 4.78 is 0. The van der Waals surface area contributed by atoms with Gasteiger partial charge in [0.05, 0.1) is 0 Å². The standard InChI is InChI=1S/C22H23ClN2O2/c23-19-7-3-15(4-8-19)2-1-11-25-13-18(14-25)22(27)17-5-9-20-16(12-17)6-10-21(26)24-20/h3-5,7-9,12,18H,1-2,6,10-11,13-14H2,(H,24,26). The summed E-state index contributed by atoms with van der Waals surface area (Å²) in [5.74, 6) is 0.371. The summed E-state index contributed by atoms with van der Waals surface area (Å²) in [7, 11) is 0. The number of hydrogen-bond acceptors (Lipinski definition) is 3. The Balaban J connectivity index is 1.25. The van der Waals surface area contributed by atoms with Gasteiger partial charge in [0.1, 0.15) is 0 Å². The summed E-state index contributed by atoms with van der Waals surface area (Å²) in [6.45, 7) is 2.70. The van der Waals surface area contributed by atoms with Gasteiger partial charge in [-0.15, -0.1) is 0 Å². The van der Waals surface area contributed by atoms with Crippen LogP contribution in [0.2, 0.25) is 5.02 Å². The predicted molar refractivity (Wildman–Crippen MR) is 107 cm³/mol. The van der Waals surface area contributed by atoms with E-state index in [9.17, 15) is 9.59 Å². The van der Waals surface area contributed by atoms with Gasteiger partial charge < -0.3 is 10.2 Å². The molecule has 1 amide bonds. The van der Waals surface area contributed by atoms with Gasteiger partial charge in [0.15, 0.2) is 5.78 Å². The molecule has 4 nitrogen and oxygen atoms in total. The van der Waals surface area contributed by atoms with Crippen molar-refractivity contribution in [1.29, 1.82) is 0 Å². The van der Waals surface area contributed by atoms with Gasteiger partial charge >= 0.3 is 0 Å². The lowest BCUT2D eigenvalue weighted by Crippen LogP contribution is -2.50. The maximum Gasteiger partial charge on any atom is 0.224 e. The minimum atomic E-state index is 0.0508. The van der Waals surface area contributed by atoms with Crippen molar-refractivity contribution >= 4 is 29.0 Å². The Labute approximate surface area is 164 Å². The van der Waals surface area contributed by atoms with Crippen molar-refractivity contribution in [2.75, 3.05) is 25.0 Å². The number of aryl methyl sites for hydroxylation is 2.